The van der Waals surface area contributed by atoms with E-state index in [9.17, 15) is 14.7 Å². The Balaban J connectivity index is 1.61. The van der Waals surface area contributed by atoms with Gasteiger partial charge >= 0.3 is 5.97 Å². The quantitative estimate of drug-likeness (QED) is 0.118. The lowest BCUT2D eigenvalue weighted by molar-refractivity contribution is 0.0152. The molecule has 4 rings (SSSR count). The summed E-state index contributed by atoms with van der Waals surface area (Å²) >= 11 is 0. The molecule has 234 valence electrons. The van der Waals surface area contributed by atoms with Crippen LogP contribution in [0.3, 0.4) is 0 Å². The summed E-state index contributed by atoms with van der Waals surface area (Å²) in [6.45, 7) is 5.33. The summed E-state index contributed by atoms with van der Waals surface area (Å²) in [6, 6.07) is 16.3. The highest BCUT2D eigenvalue weighted by Crippen LogP contribution is 2.42. The SMILES string of the molecule is CCCOCCOCCOCCNC(=O)c1ccc(C(=O)O)c(-c2c3ccc(=[N+](C)C)cc-3oc3cc(N(C)C)ccc23)c1. The van der Waals surface area contributed by atoms with Gasteiger partial charge in [0.2, 0.25) is 5.36 Å². The minimum atomic E-state index is -1.09. The molecule has 2 aliphatic rings. The first-order chi connectivity index (χ1) is 21.2. The molecule has 1 heterocycles. The molecule has 2 aromatic carbocycles. The standard InChI is InChI=1S/C34H41N3O7/c1-6-14-41-16-18-43-19-17-42-15-13-35-33(38)23-7-10-26(34(39)40)29(20-23)32-27-11-8-24(36(2)3)21-30(27)44-31-22-25(37(4)5)9-12-28(31)32/h7-12,20-22H,6,13-19H2,1-5H3,(H-,35,38,39,40)/p+1. The average molecular weight is 605 g/mol. The summed E-state index contributed by atoms with van der Waals surface area (Å²) in [5, 5.41) is 14.7. The molecule has 0 spiro atoms. The molecular formula is C34H42N3O7+. The van der Waals surface area contributed by atoms with Crippen molar-refractivity contribution in [2.75, 3.05) is 79.3 Å². The third kappa shape index (κ3) is 8.02. The van der Waals surface area contributed by atoms with E-state index in [0.717, 1.165) is 35.0 Å². The van der Waals surface area contributed by atoms with Crippen LogP contribution in [0.2, 0.25) is 0 Å². The van der Waals surface area contributed by atoms with Gasteiger partial charge in [-0.1, -0.05) is 6.92 Å². The van der Waals surface area contributed by atoms with E-state index in [1.165, 1.54) is 12.1 Å². The van der Waals surface area contributed by atoms with Crippen LogP contribution >= 0.6 is 0 Å². The topological polar surface area (TPSA) is 113 Å². The molecule has 0 saturated carbocycles. The van der Waals surface area contributed by atoms with Gasteiger partial charge in [-0.2, -0.15) is 0 Å². The van der Waals surface area contributed by atoms with Crippen molar-refractivity contribution in [3.63, 3.8) is 0 Å². The molecule has 44 heavy (non-hydrogen) atoms. The van der Waals surface area contributed by atoms with E-state index in [1.54, 1.807) is 6.07 Å². The van der Waals surface area contributed by atoms with Crippen molar-refractivity contribution < 1.29 is 33.3 Å². The molecule has 1 aliphatic heterocycles. The lowest BCUT2D eigenvalue weighted by atomic mass is 9.89. The predicted octanol–water partition coefficient (Wildman–Crippen LogP) is 4.19. The molecular weight excluding hydrogens is 562 g/mol. The van der Waals surface area contributed by atoms with Gasteiger partial charge in [0.25, 0.3) is 5.91 Å². The Morgan fingerprint density at radius 2 is 1.57 bits per heavy atom. The zero-order valence-corrected chi connectivity index (χ0v) is 26.1. The summed E-state index contributed by atoms with van der Waals surface area (Å²) in [6.07, 6.45) is 0.978. The summed E-state index contributed by atoms with van der Waals surface area (Å²) in [4.78, 5) is 27.6. The fourth-order valence-corrected chi connectivity index (χ4v) is 4.82. The molecule has 1 amide bonds. The van der Waals surface area contributed by atoms with Gasteiger partial charge < -0.3 is 34.0 Å². The number of rotatable bonds is 15. The molecule has 2 N–H and O–H groups in total. The van der Waals surface area contributed by atoms with Crippen molar-refractivity contribution in [3.8, 4) is 22.5 Å². The smallest absolute Gasteiger partial charge is 0.336 e. The van der Waals surface area contributed by atoms with E-state index in [2.05, 4.69) is 12.2 Å². The second-order valence-electron chi connectivity index (χ2n) is 10.8. The first-order valence-corrected chi connectivity index (χ1v) is 14.8. The third-order valence-electron chi connectivity index (χ3n) is 7.13. The second kappa shape index (κ2) is 15.5. The number of aromatic carboxylic acids is 1. The van der Waals surface area contributed by atoms with E-state index in [-0.39, 0.29) is 11.5 Å². The van der Waals surface area contributed by atoms with Gasteiger partial charge in [-0.3, -0.25) is 4.79 Å². The molecule has 10 nitrogen and oxygen atoms in total. The first kappa shape index (κ1) is 32.7. The minimum Gasteiger partial charge on any atom is -0.478 e. The highest BCUT2D eigenvalue weighted by molar-refractivity contribution is 6.09. The van der Waals surface area contributed by atoms with Gasteiger partial charge in [0.15, 0.2) is 0 Å². The number of fused-ring (bicyclic) bond motifs is 2. The molecule has 1 aliphatic carbocycles. The zero-order chi connectivity index (χ0) is 31.6. The van der Waals surface area contributed by atoms with Crippen LogP contribution in [-0.2, 0) is 14.2 Å². The normalized spacial score (nSPS) is 11.2. The van der Waals surface area contributed by atoms with E-state index >= 15 is 0 Å². The molecule has 0 radical (unpaired) electrons. The fraction of sp³-hybridized carbons (Fsp3) is 0.382. The maximum Gasteiger partial charge on any atom is 0.336 e. The summed E-state index contributed by atoms with van der Waals surface area (Å²) < 4.78 is 24.8. The summed E-state index contributed by atoms with van der Waals surface area (Å²) in [7, 11) is 7.78. The fourth-order valence-electron chi connectivity index (χ4n) is 4.82. The van der Waals surface area contributed by atoms with Crippen LogP contribution in [0, 0.1) is 0 Å². The number of carboxylic acids is 1. The Hall–Kier alpha value is -4.25. The molecule has 0 unspecified atom stereocenters. The molecule has 0 fully saturated rings. The Labute approximate surface area is 257 Å². The van der Waals surface area contributed by atoms with E-state index in [0.29, 0.717) is 67.6 Å². The number of nitrogens with one attached hydrogen (secondary N) is 1. The number of hydrogen-bond donors (Lipinski definition) is 2. The minimum absolute atomic E-state index is 0.0900. The van der Waals surface area contributed by atoms with Crippen molar-refractivity contribution in [2.45, 2.75) is 13.3 Å². The Morgan fingerprint density at radius 3 is 2.23 bits per heavy atom. The maximum absolute atomic E-state index is 13.2. The second-order valence-corrected chi connectivity index (χ2v) is 10.8. The Bertz CT molecular complexity index is 1640. The van der Waals surface area contributed by atoms with E-state index in [1.807, 2.05) is 74.1 Å². The number of hydrogen-bond acceptors (Lipinski definition) is 7. The zero-order valence-electron chi connectivity index (χ0n) is 26.1. The number of benzene rings is 3. The molecule has 0 atom stereocenters. The number of ether oxygens (including phenoxy) is 3. The number of nitrogens with zero attached hydrogens (tertiary/aromatic N) is 2. The summed E-state index contributed by atoms with van der Waals surface area (Å²) in [5.74, 6) is -0.804. The van der Waals surface area contributed by atoms with Gasteiger partial charge in [0.1, 0.15) is 25.4 Å². The first-order valence-electron chi connectivity index (χ1n) is 14.8. The van der Waals surface area contributed by atoms with Crippen LogP contribution in [0.15, 0.2) is 59.0 Å². The highest BCUT2D eigenvalue weighted by atomic mass is 16.5. The number of carbonyl (C=O) groups is 2. The van der Waals surface area contributed by atoms with Gasteiger partial charge in [-0.05, 0) is 48.4 Å². The lowest BCUT2D eigenvalue weighted by Gasteiger charge is -2.19. The molecule has 0 saturated heterocycles. The summed E-state index contributed by atoms with van der Waals surface area (Å²) in [5.41, 5.74) is 3.85. The van der Waals surface area contributed by atoms with Crippen molar-refractivity contribution in [1.29, 1.82) is 0 Å². The molecule has 2 aromatic rings. The molecule has 0 bridgehead atoms. The van der Waals surface area contributed by atoms with E-state index < -0.39 is 5.97 Å². The number of carboxylic acid groups (broad SMARTS) is 1. The lowest BCUT2D eigenvalue weighted by Crippen LogP contribution is -2.27. The van der Waals surface area contributed by atoms with E-state index in [4.69, 9.17) is 18.6 Å². The number of amides is 1. The van der Waals surface area contributed by atoms with Crippen LogP contribution < -0.4 is 20.1 Å². The molecule has 10 heteroatoms. The average Bonchev–Trinajstić information content (AvgIpc) is 3.01. The number of anilines is 1. The Morgan fingerprint density at radius 1 is 0.864 bits per heavy atom. The Kier molecular flexibility index (Phi) is 11.5. The monoisotopic (exact) mass is 604 g/mol. The van der Waals surface area contributed by atoms with Gasteiger partial charge in [0, 0.05) is 67.1 Å². The van der Waals surface area contributed by atoms with Crippen molar-refractivity contribution in [1.82, 2.24) is 9.89 Å². The van der Waals surface area contributed by atoms with Crippen LogP contribution in [0.25, 0.3) is 33.4 Å². The maximum atomic E-state index is 13.2. The van der Waals surface area contributed by atoms with Crippen LogP contribution in [0.1, 0.15) is 34.1 Å². The van der Waals surface area contributed by atoms with Crippen molar-refractivity contribution in [3.05, 3.63) is 71.1 Å². The predicted molar refractivity (Wildman–Crippen MR) is 172 cm³/mol. The van der Waals surface area contributed by atoms with Crippen molar-refractivity contribution >= 4 is 28.5 Å². The third-order valence-corrected chi connectivity index (χ3v) is 7.13. The highest BCUT2D eigenvalue weighted by Gasteiger charge is 2.23. The van der Waals surface area contributed by atoms with Crippen LogP contribution in [-0.4, -0.2) is 91.4 Å². The number of carbonyl (C=O) groups excluding carboxylic acids is 1. The van der Waals surface area contributed by atoms with Gasteiger partial charge in [0.05, 0.1) is 44.7 Å². The van der Waals surface area contributed by atoms with Gasteiger partial charge in [-0.25, -0.2) is 9.37 Å². The van der Waals surface area contributed by atoms with Crippen LogP contribution in [0.5, 0.6) is 0 Å². The molecule has 0 aromatic heterocycles. The van der Waals surface area contributed by atoms with Gasteiger partial charge in [-0.15, -0.1) is 0 Å². The largest absolute Gasteiger partial charge is 0.478 e. The van der Waals surface area contributed by atoms with Crippen LogP contribution in [0.4, 0.5) is 5.69 Å². The van der Waals surface area contributed by atoms with Crippen molar-refractivity contribution in [2.24, 2.45) is 0 Å².